The minimum Gasteiger partial charge on any atom is -0.337 e. The predicted octanol–water partition coefficient (Wildman–Crippen LogP) is 3.76. The summed E-state index contributed by atoms with van der Waals surface area (Å²) in [5.41, 5.74) is 3.15. The van der Waals surface area contributed by atoms with E-state index in [1.807, 2.05) is 36.4 Å². The summed E-state index contributed by atoms with van der Waals surface area (Å²) < 4.78 is 0. The largest absolute Gasteiger partial charge is 0.337 e. The van der Waals surface area contributed by atoms with E-state index in [0.29, 0.717) is 23.2 Å². The number of benzene rings is 3. The van der Waals surface area contributed by atoms with Gasteiger partial charge in [-0.2, -0.15) is 0 Å². The van der Waals surface area contributed by atoms with E-state index in [0.717, 1.165) is 11.1 Å². The van der Waals surface area contributed by atoms with Gasteiger partial charge < -0.3 is 4.90 Å². The molecule has 1 aliphatic rings. The third-order valence-corrected chi connectivity index (χ3v) is 5.00. The molecule has 0 saturated heterocycles. The van der Waals surface area contributed by atoms with Crippen molar-refractivity contribution in [2.75, 3.05) is 7.05 Å². The first-order valence-electron chi connectivity index (χ1n) is 9.38. The van der Waals surface area contributed by atoms with E-state index < -0.39 is 0 Å². The zero-order valence-corrected chi connectivity index (χ0v) is 16.0. The molecule has 0 aromatic heterocycles. The third-order valence-electron chi connectivity index (χ3n) is 5.00. The van der Waals surface area contributed by atoms with Crippen molar-refractivity contribution in [1.29, 1.82) is 0 Å². The number of amides is 3. The van der Waals surface area contributed by atoms with E-state index in [4.69, 9.17) is 0 Å². The maximum atomic E-state index is 12.8. The van der Waals surface area contributed by atoms with Crippen molar-refractivity contribution < 1.29 is 14.4 Å². The first-order valence-corrected chi connectivity index (χ1v) is 9.38. The summed E-state index contributed by atoms with van der Waals surface area (Å²) in [4.78, 5) is 40.8. The number of carbonyl (C=O) groups is 3. The summed E-state index contributed by atoms with van der Waals surface area (Å²) in [5.74, 6) is -0.717. The zero-order valence-electron chi connectivity index (χ0n) is 16.0. The Bertz CT molecular complexity index is 1060. The van der Waals surface area contributed by atoms with Crippen molar-refractivity contribution in [1.82, 2.24) is 9.80 Å². The van der Waals surface area contributed by atoms with Crippen LogP contribution >= 0.6 is 0 Å². The van der Waals surface area contributed by atoms with Gasteiger partial charge in [0.05, 0.1) is 17.7 Å². The van der Waals surface area contributed by atoms with Crippen LogP contribution in [0.3, 0.4) is 0 Å². The lowest BCUT2D eigenvalue weighted by Crippen LogP contribution is -2.29. The van der Waals surface area contributed by atoms with Crippen LogP contribution in [0.25, 0.3) is 0 Å². The fourth-order valence-electron chi connectivity index (χ4n) is 3.52. The Morgan fingerprint density at radius 1 is 0.793 bits per heavy atom. The van der Waals surface area contributed by atoms with Crippen LogP contribution in [0.1, 0.15) is 42.2 Å². The number of carbonyl (C=O) groups excluding carboxylic acids is 3. The van der Waals surface area contributed by atoms with Crippen LogP contribution < -0.4 is 0 Å². The monoisotopic (exact) mass is 384 g/mol. The van der Waals surface area contributed by atoms with Gasteiger partial charge in [-0.1, -0.05) is 54.6 Å². The second kappa shape index (κ2) is 7.72. The molecule has 0 atom stereocenters. The van der Waals surface area contributed by atoms with E-state index in [9.17, 15) is 14.4 Å². The average Bonchev–Trinajstić information content (AvgIpc) is 2.99. The number of nitrogens with zero attached hydrogens (tertiary/aromatic N) is 2. The molecular formula is C24H20N2O3. The van der Waals surface area contributed by atoms with Crippen LogP contribution in [0.2, 0.25) is 0 Å². The Labute approximate surface area is 169 Å². The fraction of sp³-hybridized carbons (Fsp3) is 0.125. The molecule has 1 aliphatic heterocycles. The van der Waals surface area contributed by atoms with Gasteiger partial charge in [0.2, 0.25) is 0 Å². The molecule has 0 aliphatic carbocycles. The van der Waals surface area contributed by atoms with Gasteiger partial charge in [0.15, 0.2) is 0 Å². The standard InChI is InChI=1S/C24H20N2O3/c1-25(15-17-8-3-2-4-9-17)22(27)19-11-7-10-18(14-19)16-26-23(28)20-12-5-6-13-21(20)24(26)29/h2-14H,15-16H2,1H3. The van der Waals surface area contributed by atoms with Crippen LogP contribution in [-0.2, 0) is 13.1 Å². The minimum absolute atomic E-state index is 0.113. The molecule has 5 nitrogen and oxygen atoms in total. The lowest BCUT2D eigenvalue weighted by molar-refractivity contribution is 0.0642. The van der Waals surface area contributed by atoms with Gasteiger partial charge in [-0.15, -0.1) is 0 Å². The van der Waals surface area contributed by atoms with Gasteiger partial charge in [0, 0.05) is 19.2 Å². The molecule has 4 rings (SSSR count). The van der Waals surface area contributed by atoms with Crippen molar-refractivity contribution in [3.05, 3.63) is 107 Å². The van der Waals surface area contributed by atoms with Crippen molar-refractivity contribution >= 4 is 17.7 Å². The molecule has 0 bridgehead atoms. The summed E-state index contributed by atoms with van der Waals surface area (Å²) >= 11 is 0. The number of hydrogen-bond acceptors (Lipinski definition) is 3. The molecule has 1 heterocycles. The summed E-state index contributed by atoms with van der Waals surface area (Å²) in [6, 6.07) is 23.7. The van der Waals surface area contributed by atoms with Crippen LogP contribution in [0.5, 0.6) is 0 Å². The Kier molecular flexibility index (Phi) is 4.96. The first kappa shape index (κ1) is 18.6. The maximum Gasteiger partial charge on any atom is 0.261 e. The summed E-state index contributed by atoms with van der Waals surface area (Å²) in [7, 11) is 1.76. The molecule has 3 amide bonds. The molecule has 0 radical (unpaired) electrons. The smallest absolute Gasteiger partial charge is 0.261 e. The minimum atomic E-state index is -0.302. The highest BCUT2D eigenvalue weighted by molar-refractivity contribution is 6.21. The van der Waals surface area contributed by atoms with Crippen molar-refractivity contribution in [3.8, 4) is 0 Å². The Morgan fingerprint density at radius 3 is 2.03 bits per heavy atom. The van der Waals surface area contributed by atoms with Crippen LogP contribution in [0, 0.1) is 0 Å². The van der Waals surface area contributed by atoms with Crippen LogP contribution in [0.4, 0.5) is 0 Å². The normalized spacial score (nSPS) is 12.8. The molecule has 3 aromatic rings. The highest BCUT2D eigenvalue weighted by Gasteiger charge is 2.35. The van der Waals surface area contributed by atoms with Crippen molar-refractivity contribution in [2.45, 2.75) is 13.1 Å². The molecule has 0 unspecified atom stereocenters. The van der Waals surface area contributed by atoms with E-state index in [1.165, 1.54) is 4.90 Å². The molecule has 0 fully saturated rings. The number of rotatable bonds is 5. The van der Waals surface area contributed by atoms with Gasteiger partial charge in [-0.25, -0.2) is 0 Å². The molecule has 0 spiro atoms. The van der Waals surface area contributed by atoms with Gasteiger partial charge in [-0.3, -0.25) is 19.3 Å². The predicted molar refractivity (Wildman–Crippen MR) is 109 cm³/mol. The van der Waals surface area contributed by atoms with E-state index in [1.54, 1.807) is 54.4 Å². The summed E-state index contributed by atoms with van der Waals surface area (Å²) in [6.45, 7) is 0.637. The summed E-state index contributed by atoms with van der Waals surface area (Å²) in [5, 5.41) is 0. The number of imide groups is 1. The van der Waals surface area contributed by atoms with Crippen molar-refractivity contribution in [2.24, 2.45) is 0 Å². The van der Waals surface area contributed by atoms with Crippen LogP contribution in [-0.4, -0.2) is 34.6 Å². The highest BCUT2D eigenvalue weighted by atomic mass is 16.2. The molecule has 3 aromatic carbocycles. The Morgan fingerprint density at radius 2 is 1.38 bits per heavy atom. The van der Waals surface area contributed by atoms with E-state index in [2.05, 4.69) is 0 Å². The molecule has 0 N–H and O–H groups in total. The van der Waals surface area contributed by atoms with E-state index in [-0.39, 0.29) is 24.3 Å². The number of hydrogen-bond donors (Lipinski definition) is 0. The first-order chi connectivity index (χ1) is 14.0. The highest BCUT2D eigenvalue weighted by Crippen LogP contribution is 2.24. The zero-order chi connectivity index (χ0) is 20.4. The topological polar surface area (TPSA) is 57.7 Å². The molecule has 5 heteroatoms. The Hall–Kier alpha value is -3.73. The second-order valence-corrected chi connectivity index (χ2v) is 7.09. The summed E-state index contributed by atoms with van der Waals surface area (Å²) in [6.07, 6.45) is 0. The van der Waals surface area contributed by atoms with Gasteiger partial charge >= 0.3 is 0 Å². The third kappa shape index (κ3) is 3.67. The lowest BCUT2D eigenvalue weighted by Gasteiger charge is -2.19. The van der Waals surface area contributed by atoms with Gasteiger partial charge in [0.1, 0.15) is 0 Å². The molecule has 0 saturated carbocycles. The number of fused-ring (bicyclic) bond motifs is 1. The quantitative estimate of drug-likeness (QED) is 0.630. The van der Waals surface area contributed by atoms with Crippen LogP contribution in [0.15, 0.2) is 78.9 Å². The second-order valence-electron chi connectivity index (χ2n) is 7.09. The van der Waals surface area contributed by atoms with E-state index >= 15 is 0 Å². The van der Waals surface area contributed by atoms with Crippen molar-refractivity contribution in [3.63, 3.8) is 0 Å². The fourth-order valence-corrected chi connectivity index (χ4v) is 3.52. The average molecular weight is 384 g/mol. The molecular weight excluding hydrogens is 364 g/mol. The van der Waals surface area contributed by atoms with Gasteiger partial charge in [-0.05, 0) is 35.4 Å². The Balaban J connectivity index is 1.50. The van der Waals surface area contributed by atoms with Gasteiger partial charge in [0.25, 0.3) is 17.7 Å². The lowest BCUT2D eigenvalue weighted by atomic mass is 10.1. The molecule has 29 heavy (non-hydrogen) atoms. The SMILES string of the molecule is CN(Cc1ccccc1)C(=O)c1cccc(CN2C(=O)c3ccccc3C2=O)c1. The molecule has 144 valence electrons. The maximum absolute atomic E-state index is 12.8.